The fourth-order valence-corrected chi connectivity index (χ4v) is 6.22. The van der Waals surface area contributed by atoms with Gasteiger partial charge in [0.2, 0.25) is 0 Å². The van der Waals surface area contributed by atoms with E-state index in [1.165, 1.54) is 12.1 Å². The number of aryl methyl sites for hydroxylation is 1. The second kappa shape index (κ2) is 11.4. The summed E-state index contributed by atoms with van der Waals surface area (Å²) in [5, 5.41) is 18.5. The molecule has 0 saturated carbocycles. The van der Waals surface area contributed by atoms with Gasteiger partial charge in [0.25, 0.3) is 0 Å². The highest BCUT2D eigenvalue weighted by Crippen LogP contribution is 2.34. The number of halogens is 1. The van der Waals surface area contributed by atoms with Crippen LogP contribution in [0.5, 0.6) is 5.75 Å². The summed E-state index contributed by atoms with van der Waals surface area (Å²) in [5.41, 5.74) is 7.24. The number of hydrogen-bond donors (Lipinski definition) is 3. The molecule has 1 fully saturated rings. The summed E-state index contributed by atoms with van der Waals surface area (Å²) in [6, 6.07) is 8.83. The molecule has 3 aromatic heterocycles. The zero-order valence-electron chi connectivity index (χ0n) is 24.6. The highest BCUT2D eigenvalue weighted by Gasteiger charge is 2.23. The van der Waals surface area contributed by atoms with E-state index in [1.807, 2.05) is 37.5 Å². The topological polar surface area (TPSA) is 113 Å². The first kappa shape index (κ1) is 27.5. The van der Waals surface area contributed by atoms with Gasteiger partial charge in [0, 0.05) is 56.8 Å². The van der Waals surface area contributed by atoms with Gasteiger partial charge in [-0.3, -0.25) is 15.0 Å². The minimum atomic E-state index is -0.627. The van der Waals surface area contributed by atoms with Crippen LogP contribution >= 0.6 is 0 Å². The van der Waals surface area contributed by atoms with Crippen molar-refractivity contribution in [2.75, 3.05) is 44.7 Å². The van der Waals surface area contributed by atoms with Crippen LogP contribution in [-0.2, 0) is 25.9 Å². The van der Waals surface area contributed by atoms with Crippen molar-refractivity contribution in [2.45, 2.75) is 39.3 Å². The van der Waals surface area contributed by atoms with Crippen molar-refractivity contribution in [1.82, 2.24) is 39.9 Å². The zero-order chi connectivity index (χ0) is 29.5. The lowest BCUT2D eigenvalue weighted by Crippen LogP contribution is -2.31. The van der Waals surface area contributed by atoms with E-state index in [9.17, 15) is 9.50 Å². The molecule has 0 amide bonds. The number of hydrogen-bond acceptors (Lipinski definition) is 8. The lowest BCUT2D eigenvalue weighted by Gasteiger charge is -2.25. The molecule has 0 atom stereocenters. The molecule has 0 bridgehead atoms. The van der Waals surface area contributed by atoms with Gasteiger partial charge in [0.1, 0.15) is 11.5 Å². The van der Waals surface area contributed by atoms with Gasteiger partial charge in [0.15, 0.2) is 17.4 Å². The van der Waals surface area contributed by atoms with E-state index in [4.69, 9.17) is 15.0 Å². The molecule has 11 heteroatoms. The van der Waals surface area contributed by atoms with Crippen LogP contribution in [0.3, 0.4) is 0 Å². The van der Waals surface area contributed by atoms with Crippen LogP contribution in [0.2, 0.25) is 0 Å². The molecule has 5 heterocycles. The molecule has 0 aliphatic carbocycles. The fraction of sp³-hybridized carbons (Fsp3) is 0.375. The number of H-pyrrole nitrogens is 2. The number of fused-ring (bicyclic) bond motifs is 2. The molecule has 2 aliphatic rings. The molecule has 2 aliphatic heterocycles. The summed E-state index contributed by atoms with van der Waals surface area (Å²) in [7, 11) is 2.17. The Morgan fingerprint density at radius 1 is 1.02 bits per heavy atom. The summed E-state index contributed by atoms with van der Waals surface area (Å²) in [6.07, 6.45) is 6.51. The second-order valence-corrected chi connectivity index (χ2v) is 11.6. The maximum absolute atomic E-state index is 14.2. The van der Waals surface area contributed by atoms with Crippen LogP contribution in [0.25, 0.3) is 33.5 Å². The van der Waals surface area contributed by atoms with Gasteiger partial charge >= 0.3 is 0 Å². The van der Waals surface area contributed by atoms with Crippen molar-refractivity contribution in [2.24, 2.45) is 0 Å². The van der Waals surface area contributed by atoms with Gasteiger partial charge in [-0.2, -0.15) is 5.10 Å². The van der Waals surface area contributed by atoms with Crippen LogP contribution < -0.4 is 4.90 Å². The van der Waals surface area contributed by atoms with Crippen molar-refractivity contribution in [1.29, 1.82) is 0 Å². The zero-order valence-corrected chi connectivity index (χ0v) is 24.6. The predicted octanol–water partition coefficient (Wildman–Crippen LogP) is 4.52. The SMILES string of the molecule is CCc1cc(O)c(F)cc1-c1ccc2c(-c3nc4c([nH]3)CCN(Cc3cnc(N5CCCN(C)CC5)cn3)C4)n[nH]c2c1. The summed E-state index contributed by atoms with van der Waals surface area (Å²) >= 11 is 0. The number of anilines is 1. The first-order chi connectivity index (χ1) is 20.9. The van der Waals surface area contributed by atoms with Crippen molar-refractivity contribution < 1.29 is 9.50 Å². The number of aromatic nitrogens is 6. The van der Waals surface area contributed by atoms with Crippen LogP contribution in [-0.4, -0.2) is 84.8 Å². The van der Waals surface area contributed by atoms with Crippen LogP contribution in [0, 0.1) is 5.82 Å². The molecule has 0 unspecified atom stereocenters. The maximum atomic E-state index is 14.2. The quantitative estimate of drug-likeness (QED) is 0.268. The van der Waals surface area contributed by atoms with Crippen molar-refractivity contribution in [3.05, 3.63) is 71.2 Å². The van der Waals surface area contributed by atoms with Crippen LogP contribution in [0.1, 0.15) is 36.0 Å². The Balaban J connectivity index is 1.06. The maximum Gasteiger partial charge on any atom is 0.165 e. The minimum Gasteiger partial charge on any atom is -0.505 e. The third-order valence-electron chi connectivity index (χ3n) is 8.69. The van der Waals surface area contributed by atoms with E-state index in [0.717, 1.165) is 121 Å². The van der Waals surface area contributed by atoms with Gasteiger partial charge in [-0.1, -0.05) is 13.0 Å². The smallest absolute Gasteiger partial charge is 0.165 e. The standard InChI is InChI=1S/C32H36FN9O/c1-3-20-14-29(43)25(33)15-24(20)21-5-6-23-27(13-21)38-39-31(23)32-36-26-7-10-41(19-28(26)37-32)18-22-16-35-30(17-34-22)42-9-4-8-40(2)11-12-42/h5-6,13-17,43H,3-4,7-12,18-19H2,1-2H3,(H,36,37)(H,38,39). The number of aromatic amines is 2. The number of imidazole rings is 1. The summed E-state index contributed by atoms with van der Waals surface area (Å²) in [5.74, 6) is 0.741. The largest absolute Gasteiger partial charge is 0.505 e. The first-order valence-corrected chi connectivity index (χ1v) is 15.0. The molecule has 3 N–H and O–H groups in total. The van der Waals surface area contributed by atoms with Gasteiger partial charge in [-0.05, 0) is 67.4 Å². The van der Waals surface area contributed by atoms with E-state index < -0.39 is 5.82 Å². The second-order valence-electron chi connectivity index (χ2n) is 11.6. The van der Waals surface area contributed by atoms with Crippen molar-refractivity contribution >= 4 is 16.7 Å². The number of phenolic OH excluding ortho intramolecular Hbond substituents is 1. The Hall–Kier alpha value is -4.35. The Bertz CT molecular complexity index is 1760. The lowest BCUT2D eigenvalue weighted by molar-refractivity contribution is 0.238. The van der Waals surface area contributed by atoms with Crippen LogP contribution in [0.4, 0.5) is 10.2 Å². The summed E-state index contributed by atoms with van der Waals surface area (Å²) in [6.45, 7) is 8.50. The Morgan fingerprint density at radius 2 is 1.93 bits per heavy atom. The molecule has 222 valence electrons. The molecule has 10 nitrogen and oxygen atoms in total. The normalized spacial score (nSPS) is 16.5. The highest BCUT2D eigenvalue weighted by molar-refractivity contribution is 5.94. The molecule has 2 aromatic carbocycles. The molecule has 0 radical (unpaired) electrons. The van der Waals surface area contributed by atoms with Crippen LogP contribution in [0.15, 0.2) is 42.7 Å². The molecular weight excluding hydrogens is 545 g/mol. The first-order valence-electron chi connectivity index (χ1n) is 15.0. The number of benzene rings is 2. The third-order valence-corrected chi connectivity index (χ3v) is 8.69. The summed E-state index contributed by atoms with van der Waals surface area (Å²) in [4.78, 5) is 25.0. The van der Waals surface area contributed by atoms with Gasteiger partial charge in [-0.25, -0.2) is 14.4 Å². The number of aromatic hydroxyl groups is 1. The van der Waals surface area contributed by atoms with Gasteiger partial charge in [0.05, 0.1) is 29.3 Å². The number of nitrogens with one attached hydrogen (secondary N) is 2. The average Bonchev–Trinajstić information content (AvgIpc) is 3.57. The predicted molar refractivity (Wildman–Crippen MR) is 164 cm³/mol. The Kier molecular flexibility index (Phi) is 7.28. The van der Waals surface area contributed by atoms with Gasteiger partial charge in [-0.15, -0.1) is 0 Å². The Labute approximate surface area is 249 Å². The lowest BCUT2D eigenvalue weighted by atomic mass is 9.96. The molecule has 1 saturated heterocycles. The number of rotatable bonds is 6. The summed E-state index contributed by atoms with van der Waals surface area (Å²) < 4.78 is 14.2. The number of likely N-dealkylation sites (N-methyl/N-ethyl adjacent to an activating group) is 1. The Morgan fingerprint density at radius 3 is 2.77 bits per heavy atom. The highest BCUT2D eigenvalue weighted by atomic mass is 19.1. The van der Waals surface area contributed by atoms with E-state index in [0.29, 0.717) is 6.42 Å². The molecular formula is C32H36FN9O. The van der Waals surface area contributed by atoms with E-state index in [2.05, 4.69) is 36.9 Å². The van der Waals surface area contributed by atoms with E-state index in [-0.39, 0.29) is 5.75 Å². The molecule has 5 aromatic rings. The average molecular weight is 582 g/mol. The fourth-order valence-electron chi connectivity index (χ4n) is 6.22. The third kappa shape index (κ3) is 5.46. The van der Waals surface area contributed by atoms with E-state index in [1.54, 1.807) is 0 Å². The van der Waals surface area contributed by atoms with E-state index >= 15 is 0 Å². The number of nitrogens with zero attached hydrogens (tertiary/aromatic N) is 7. The minimum absolute atomic E-state index is 0.326. The van der Waals surface area contributed by atoms with Crippen molar-refractivity contribution in [3.63, 3.8) is 0 Å². The number of phenols is 1. The monoisotopic (exact) mass is 581 g/mol. The molecule has 7 rings (SSSR count). The van der Waals surface area contributed by atoms with Crippen molar-refractivity contribution in [3.8, 4) is 28.4 Å². The van der Waals surface area contributed by atoms with Gasteiger partial charge < -0.3 is 19.9 Å². The molecule has 0 spiro atoms. The molecule has 43 heavy (non-hydrogen) atoms.